The van der Waals surface area contributed by atoms with E-state index < -0.39 is 17.9 Å². The number of phenolic OH excluding ortho intramolecular Hbond substituents is 1. The van der Waals surface area contributed by atoms with Gasteiger partial charge in [-0.15, -0.1) is 0 Å². The Morgan fingerprint density at radius 2 is 1.54 bits per heavy atom. The molecule has 46 heavy (non-hydrogen) atoms. The van der Waals surface area contributed by atoms with Crippen LogP contribution in [-0.2, 0) is 23.8 Å². The number of esters is 1. The number of amides is 1. The van der Waals surface area contributed by atoms with Crippen LogP contribution >= 0.6 is 0 Å². The highest BCUT2D eigenvalue weighted by Crippen LogP contribution is 2.55. The number of phenols is 1. The number of ether oxygens (including phenoxy) is 7. The summed E-state index contributed by atoms with van der Waals surface area (Å²) in [5.74, 6) is -0.582. The summed E-state index contributed by atoms with van der Waals surface area (Å²) in [5.41, 5.74) is 7.75. The van der Waals surface area contributed by atoms with Crippen molar-refractivity contribution in [1.29, 1.82) is 0 Å². The highest BCUT2D eigenvalue weighted by Gasteiger charge is 2.53. The Morgan fingerprint density at radius 1 is 0.913 bits per heavy atom. The summed E-state index contributed by atoms with van der Waals surface area (Å²) in [4.78, 5) is 26.5. The molecule has 0 aromatic heterocycles. The van der Waals surface area contributed by atoms with Crippen LogP contribution in [0.3, 0.4) is 0 Å². The smallest absolute Gasteiger partial charge is 0.310 e. The van der Waals surface area contributed by atoms with E-state index >= 15 is 0 Å². The zero-order valence-corrected chi connectivity index (χ0v) is 26.5. The summed E-state index contributed by atoms with van der Waals surface area (Å²) in [6.45, 7) is 4.30. The fourth-order valence-electron chi connectivity index (χ4n) is 6.36. The van der Waals surface area contributed by atoms with Crippen LogP contribution in [0, 0.1) is 11.8 Å². The molecular weight excluding hydrogens is 598 g/mol. The van der Waals surface area contributed by atoms with Crippen LogP contribution in [0.25, 0.3) is 0 Å². The lowest BCUT2D eigenvalue weighted by Gasteiger charge is -2.39. The van der Waals surface area contributed by atoms with Crippen molar-refractivity contribution < 1.29 is 47.9 Å². The zero-order chi connectivity index (χ0) is 32.5. The molecule has 0 unspecified atom stereocenters. The van der Waals surface area contributed by atoms with Gasteiger partial charge in [0.2, 0.25) is 18.4 Å². The Hall–Kier alpha value is -3.78. The standard InChI is InChI=1S/C33H45N3O10/c1-40-26-13-20(14-27(41-2)32(26)38)29-21-15-24-25(46-19-45-24)16-22(21)31(23-18-44-33(39)30(23)29)36-28(37)17-35-8-6-12-43-10-4-3-9-42-11-5-7-34/h13-16,23,29-31,35,38H,3-12,17-19,34H2,1-2H3,(H,36,37)/t23-,29+,30-,31+/m0/s1. The van der Waals surface area contributed by atoms with Gasteiger partial charge in [0.15, 0.2) is 23.0 Å². The first kappa shape index (κ1) is 33.6. The molecule has 13 heteroatoms. The number of fused-ring (bicyclic) bond motifs is 3. The number of carbonyl (C=O) groups excluding carboxylic acids is 2. The van der Waals surface area contributed by atoms with Crippen molar-refractivity contribution in [2.45, 2.75) is 37.6 Å². The maximum atomic E-state index is 13.3. The predicted molar refractivity (Wildman–Crippen MR) is 166 cm³/mol. The maximum Gasteiger partial charge on any atom is 0.310 e. The third-order valence-electron chi connectivity index (χ3n) is 8.61. The van der Waals surface area contributed by atoms with E-state index in [0.29, 0.717) is 50.0 Å². The fraction of sp³-hybridized carbons (Fsp3) is 0.576. The van der Waals surface area contributed by atoms with Crippen molar-refractivity contribution in [2.24, 2.45) is 17.6 Å². The largest absolute Gasteiger partial charge is 0.502 e. The molecule has 5 N–H and O–H groups in total. The van der Waals surface area contributed by atoms with Gasteiger partial charge in [-0.05, 0) is 79.7 Å². The van der Waals surface area contributed by atoms with Crippen molar-refractivity contribution in [3.63, 3.8) is 0 Å². The Morgan fingerprint density at radius 3 is 2.20 bits per heavy atom. The third-order valence-corrected chi connectivity index (χ3v) is 8.61. The van der Waals surface area contributed by atoms with E-state index in [2.05, 4.69) is 10.6 Å². The molecule has 1 aliphatic carbocycles. The van der Waals surface area contributed by atoms with Gasteiger partial charge in [-0.1, -0.05) is 0 Å². The van der Waals surface area contributed by atoms with Gasteiger partial charge in [-0.3, -0.25) is 9.59 Å². The van der Waals surface area contributed by atoms with Gasteiger partial charge in [-0.25, -0.2) is 0 Å². The number of unbranched alkanes of at least 4 members (excludes halogenated alkanes) is 1. The van der Waals surface area contributed by atoms with Crippen molar-refractivity contribution in [1.82, 2.24) is 10.6 Å². The molecule has 13 nitrogen and oxygen atoms in total. The van der Waals surface area contributed by atoms with Crippen LogP contribution in [0.2, 0.25) is 0 Å². The minimum Gasteiger partial charge on any atom is -0.502 e. The average Bonchev–Trinajstić information content (AvgIpc) is 3.68. The molecule has 1 saturated heterocycles. The number of nitrogens with two attached hydrogens (primary N) is 1. The summed E-state index contributed by atoms with van der Waals surface area (Å²) in [6.07, 6.45) is 3.53. The third kappa shape index (κ3) is 7.60. The maximum absolute atomic E-state index is 13.3. The number of carbonyl (C=O) groups is 2. The normalized spacial score (nSPS) is 21.0. The summed E-state index contributed by atoms with van der Waals surface area (Å²) in [5, 5.41) is 16.9. The van der Waals surface area contributed by atoms with Crippen molar-refractivity contribution >= 4 is 11.9 Å². The van der Waals surface area contributed by atoms with Crippen LogP contribution in [0.4, 0.5) is 0 Å². The summed E-state index contributed by atoms with van der Waals surface area (Å²) in [6, 6.07) is 6.63. The topological polar surface area (TPSA) is 169 Å². The van der Waals surface area contributed by atoms with E-state index in [4.69, 9.17) is 38.9 Å². The number of hydrogen-bond acceptors (Lipinski definition) is 12. The Balaban J connectivity index is 1.23. The SMILES string of the molecule is COc1cc([C@@H]2c3cc4c(cc3[C@@H](NC(=O)CNCCCOCCCCOCCCN)[C@H]3COC(=O)[C@H]23)OCO4)cc(OC)c1O. The highest BCUT2D eigenvalue weighted by molar-refractivity contribution is 5.81. The molecule has 2 aromatic carbocycles. The second kappa shape index (κ2) is 16.2. The Labute approximate surface area is 268 Å². The summed E-state index contributed by atoms with van der Waals surface area (Å²) >= 11 is 0. The van der Waals surface area contributed by atoms with E-state index in [1.807, 2.05) is 12.1 Å². The molecule has 3 aliphatic rings. The van der Waals surface area contributed by atoms with Crippen molar-refractivity contribution in [3.8, 4) is 28.7 Å². The highest BCUT2D eigenvalue weighted by atomic mass is 16.7. The zero-order valence-electron chi connectivity index (χ0n) is 26.5. The van der Waals surface area contributed by atoms with E-state index in [0.717, 1.165) is 43.4 Å². The van der Waals surface area contributed by atoms with Crippen LogP contribution in [-0.4, -0.2) is 90.7 Å². The molecule has 1 fully saturated rings. The number of aromatic hydroxyl groups is 1. The van der Waals surface area contributed by atoms with E-state index in [1.54, 1.807) is 12.1 Å². The van der Waals surface area contributed by atoms with Crippen molar-refractivity contribution in [3.05, 3.63) is 41.0 Å². The summed E-state index contributed by atoms with van der Waals surface area (Å²) < 4.78 is 39.0. The molecule has 0 radical (unpaired) electrons. The first-order valence-electron chi connectivity index (χ1n) is 15.9. The van der Waals surface area contributed by atoms with Gasteiger partial charge in [-0.2, -0.15) is 0 Å². The minimum absolute atomic E-state index is 0.0763. The van der Waals surface area contributed by atoms with Crippen molar-refractivity contribution in [2.75, 3.05) is 73.7 Å². The van der Waals surface area contributed by atoms with Gasteiger partial charge in [0.05, 0.1) is 39.3 Å². The molecule has 2 heterocycles. The Bertz CT molecular complexity index is 1330. The van der Waals surface area contributed by atoms with E-state index in [1.165, 1.54) is 14.2 Å². The second-order valence-corrected chi connectivity index (χ2v) is 11.6. The number of rotatable bonds is 18. The number of methoxy groups -OCH3 is 2. The van der Waals surface area contributed by atoms with Gasteiger partial charge in [0.25, 0.3) is 0 Å². The lowest BCUT2D eigenvalue weighted by molar-refractivity contribution is -0.141. The lowest BCUT2D eigenvalue weighted by Crippen LogP contribution is -2.45. The second-order valence-electron chi connectivity index (χ2n) is 11.6. The van der Waals surface area contributed by atoms with E-state index in [-0.39, 0.29) is 55.0 Å². The molecular formula is C33H45N3O10. The van der Waals surface area contributed by atoms with Crippen LogP contribution < -0.4 is 35.3 Å². The van der Waals surface area contributed by atoms with E-state index in [9.17, 15) is 14.7 Å². The quantitative estimate of drug-likeness (QED) is 0.138. The molecule has 1 amide bonds. The summed E-state index contributed by atoms with van der Waals surface area (Å²) in [7, 11) is 2.91. The van der Waals surface area contributed by atoms with Gasteiger partial charge >= 0.3 is 5.97 Å². The lowest BCUT2D eigenvalue weighted by atomic mass is 9.65. The molecule has 0 spiro atoms. The number of benzene rings is 2. The predicted octanol–water partition coefficient (Wildman–Crippen LogP) is 2.37. The number of nitrogens with one attached hydrogen (secondary N) is 2. The molecule has 2 aromatic rings. The van der Waals surface area contributed by atoms with Crippen LogP contribution in [0.5, 0.6) is 28.7 Å². The number of cyclic esters (lactones) is 1. The molecule has 0 bridgehead atoms. The van der Waals surface area contributed by atoms with Gasteiger partial charge in [0, 0.05) is 38.3 Å². The first-order valence-corrected chi connectivity index (χ1v) is 15.9. The fourth-order valence-corrected chi connectivity index (χ4v) is 6.36. The molecule has 2 aliphatic heterocycles. The monoisotopic (exact) mass is 643 g/mol. The molecule has 5 rings (SSSR count). The number of hydrogen-bond donors (Lipinski definition) is 4. The van der Waals surface area contributed by atoms with Crippen LogP contribution in [0.1, 0.15) is 54.3 Å². The first-order chi connectivity index (χ1) is 22.5. The van der Waals surface area contributed by atoms with Gasteiger partial charge < -0.3 is 54.6 Å². The van der Waals surface area contributed by atoms with Crippen LogP contribution in [0.15, 0.2) is 24.3 Å². The molecule has 4 atom stereocenters. The minimum atomic E-state index is -0.611. The molecule has 252 valence electrons. The molecule has 0 saturated carbocycles. The van der Waals surface area contributed by atoms with Gasteiger partial charge in [0.1, 0.15) is 0 Å². The average molecular weight is 644 g/mol. The Kier molecular flexibility index (Phi) is 11.8.